The van der Waals surface area contributed by atoms with Gasteiger partial charge in [0.25, 0.3) is 0 Å². The molecule has 0 unspecified atom stereocenters. The third kappa shape index (κ3) is 6.05. The van der Waals surface area contributed by atoms with Gasteiger partial charge in [0, 0.05) is 6.42 Å². The Balaban J connectivity index is 1.21. The van der Waals surface area contributed by atoms with E-state index in [9.17, 15) is 4.79 Å². The molecule has 1 aromatic rings. The van der Waals surface area contributed by atoms with Crippen molar-refractivity contribution >= 4 is 28.6 Å². The lowest BCUT2D eigenvalue weighted by atomic mass is 9.47. The lowest BCUT2D eigenvalue weighted by Gasteiger charge is -2.58. The second-order valence-corrected chi connectivity index (χ2v) is 16.3. The Labute approximate surface area is 252 Å². The zero-order valence-electron chi connectivity index (χ0n) is 25.3. The molecule has 0 spiro atoms. The first kappa shape index (κ1) is 29.6. The molecule has 4 aliphatic rings. The van der Waals surface area contributed by atoms with Crippen molar-refractivity contribution in [2.75, 3.05) is 0 Å². The number of hydrogen-bond donors (Lipinski definition) is 0. The lowest BCUT2D eigenvalue weighted by Crippen LogP contribution is -2.51. The second kappa shape index (κ2) is 12.2. The van der Waals surface area contributed by atoms with Gasteiger partial charge in [-0.1, -0.05) is 118 Å². The molecule has 3 saturated carbocycles. The molecule has 0 N–H and O–H groups in total. The smallest absolute Gasteiger partial charge is 0.319 e. The van der Waals surface area contributed by atoms with Crippen LogP contribution in [0.4, 0.5) is 0 Å². The van der Waals surface area contributed by atoms with E-state index >= 15 is 0 Å². The van der Waals surface area contributed by atoms with Gasteiger partial charge in [-0.3, -0.25) is 4.79 Å². The fourth-order valence-electron chi connectivity index (χ4n) is 9.90. The minimum atomic E-state index is -0.123. The van der Waals surface area contributed by atoms with Crippen LogP contribution in [-0.2, 0) is 16.0 Å². The van der Waals surface area contributed by atoms with Crippen molar-refractivity contribution in [1.29, 1.82) is 0 Å². The van der Waals surface area contributed by atoms with Gasteiger partial charge in [0.05, 0.1) is 0 Å². The summed E-state index contributed by atoms with van der Waals surface area (Å²) < 4.78 is 6.02. The summed E-state index contributed by atoms with van der Waals surface area (Å²) in [6, 6.07) is 10.3. The van der Waals surface area contributed by atoms with E-state index < -0.39 is 0 Å². The predicted octanol–water partition coefficient (Wildman–Crippen LogP) is 9.99. The lowest BCUT2D eigenvalue weighted by molar-refractivity contribution is -0.150. The van der Waals surface area contributed by atoms with Gasteiger partial charge in [0.2, 0.25) is 0 Å². The summed E-state index contributed by atoms with van der Waals surface area (Å²) in [5.41, 5.74) is 3.67. The molecule has 0 radical (unpaired) electrons. The van der Waals surface area contributed by atoms with E-state index in [4.69, 9.17) is 4.74 Å². The van der Waals surface area contributed by atoms with Gasteiger partial charge in [-0.25, -0.2) is 0 Å². The number of carbonyl (C=O) groups excluding carboxylic acids is 1. The topological polar surface area (TPSA) is 26.3 Å². The molecule has 0 bridgehead atoms. The fourth-order valence-corrected chi connectivity index (χ4v) is 10.6. The average molecular weight is 645 g/mol. The molecule has 3 fully saturated rings. The van der Waals surface area contributed by atoms with Gasteiger partial charge in [0.1, 0.15) is 10.0 Å². The van der Waals surface area contributed by atoms with Crippen LogP contribution in [0.1, 0.15) is 111 Å². The summed E-state index contributed by atoms with van der Waals surface area (Å²) in [4.78, 5) is 13.0. The van der Waals surface area contributed by atoms with Crippen LogP contribution >= 0.6 is 22.6 Å². The zero-order valence-corrected chi connectivity index (χ0v) is 27.4. The highest BCUT2D eigenvalue weighted by Gasteiger charge is 2.59. The van der Waals surface area contributed by atoms with Gasteiger partial charge in [-0.2, -0.15) is 0 Å². The maximum atomic E-state index is 13.0. The quantitative estimate of drug-likeness (QED) is 0.116. The molecule has 0 amide bonds. The minimum absolute atomic E-state index is 0.0321. The van der Waals surface area contributed by atoms with Gasteiger partial charge in [-0.05, 0) is 103 Å². The largest absolute Gasteiger partial charge is 0.461 e. The van der Waals surface area contributed by atoms with Crippen LogP contribution in [0.25, 0.3) is 0 Å². The third-order valence-corrected chi connectivity index (χ3v) is 13.0. The van der Waals surface area contributed by atoms with Crippen molar-refractivity contribution in [3.05, 3.63) is 47.5 Å². The highest BCUT2D eigenvalue weighted by atomic mass is 127. The van der Waals surface area contributed by atoms with Gasteiger partial charge in [-0.15, -0.1) is 0 Å². The van der Waals surface area contributed by atoms with E-state index in [0.717, 1.165) is 54.8 Å². The normalized spacial score (nSPS) is 37.3. The zero-order chi connectivity index (χ0) is 27.8. The number of carbonyl (C=O) groups is 1. The van der Waals surface area contributed by atoms with E-state index in [1.54, 1.807) is 5.57 Å². The molecule has 0 saturated heterocycles. The van der Waals surface area contributed by atoms with Crippen molar-refractivity contribution in [3.8, 4) is 0 Å². The molecule has 39 heavy (non-hydrogen) atoms. The Morgan fingerprint density at radius 3 is 2.51 bits per heavy atom. The summed E-state index contributed by atoms with van der Waals surface area (Å²) in [5.74, 6) is 5.16. The SMILES string of the molecule is CC(C)CCC[C@@H](C)[C@H]1CC[C@H]2[C@@H]3CC=C4C[C@H](OC(=O)[C@@H](I)Cc5ccccc5)CC[C@]4(C)[C@H]3CC[C@]12C. The van der Waals surface area contributed by atoms with Crippen molar-refractivity contribution in [3.63, 3.8) is 0 Å². The number of hydrogen-bond acceptors (Lipinski definition) is 2. The Morgan fingerprint density at radius 1 is 1.00 bits per heavy atom. The Kier molecular flexibility index (Phi) is 9.26. The molecule has 3 heteroatoms. The number of rotatable bonds is 9. The Hall–Kier alpha value is -0.840. The Bertz CT molecular complexity index is 1020. The highest BCUT2D eigenvalue weighted by molar-refractivity contribution is 14.1. The maximum absolute atomic E-state index is 13.0. The van der Waals surface area contributed by atoms with E-state index in [1.807, 2.05) is 18.2 Å². The molecule has 5 rings (SSSR count). The van der Waals surface area contributed by atoms with Crippen LogP contribution in [0, 0.1) is 46.3 Å². The number of fused-ring (bicyclic) bond motifs is 5. The van der Waals surface area contributed by atoms with Gasteiger partial charge < -0.3 is 4.74 Å². The molecule has 0 heterocycles. The number of esters is 1. The first-order chi connectivity index (χ1) is 18.6. The van der Waals surface area contributed by atoms with Crippen molar-refractivity contribution < 1.29 is 9.53 Å². The molecular weight excluding hydrogens is 591 g/mol. The first-order valence-electron chi connectivity index (χ1n) is 16.2. The van der Waals surface area contributed by atoms with Crippen LogP contribution < -0.4 is 0 Å². The fraction of sp³-hybridized carbons (Fsp3) is 0.750. The van der Waals surface area contributed by atoms with E-state index in [1.165, 1.54) is 63.4 Å². The maximum Gasteiger partial charge on any atom is 0.319 e. The standard InChI is InChI=1S/C36H53IO2/c1-24(2)10-9-11-25(3)30-16-17-31-29-15-14-27-23-28(18-20-35(27,4)32(29)19-21-36(30,31)5)39-34(38)33(37)22-26-12-7-6-8-13-26/h6-8,12-14,24-25,28-33H,9-11,15-23H2,1-5H3/t25-,28-,29+,30-,31+,32+,33+,35+,36-/m1/s1. The van der Waals surface area contributed by atoms with Crippen LogP contribution in [-0.4, -0.2) is 16.0 Å². The monoisotopic (exact) mass is 644 g/mol. The van der Waals surface area contributed by atoms with E-state index in [2.05, 4.69) is 75.4 Å². The summed E-state index contributed by atoms with van der Waals surface area (Å²) in [5, 5.41) is 0. The molecule has 0 aromatic heterocycles. The van der Waals surface area contributed by atoms with Gasteiger partial charge >= 0.3 is 5.97 Å². The van der Waals surface area contributed by atoms with Crippen molar-refractivity contribution in [1.82, 2.24) is 0 Å². The average Bonchev–Trinajstić information content (AvgIpc) is 3.26. The number of alkyl halides is 1. The van der Waals surface area contributed by atoms with Gasteiger partial charge in [0.15, 0.2) is 0 Å². The summed E-state index contributed by atoms with van der Waals surface area (Å²) in [6.45, 7) is 12.6. The number of ether oxygens (including phenoxy) is 1. The Morgan fingerprint density at radius 2 is 1.77 bits per heavy atom. The van der Waals surface area contributed by atoms with Crippen LogP contribution in [0.5, 0.6) is 0 Å². The number of benzene rings is 1. The second-order valence-electron chi connectivity index (χ2n) is 14.7. The van der Waals surface area contributed by atoms with Crippen LogP contribution in [0.15, 0.2) is 42.0 Å². The van der Waals surface area contributed by atoms with E-state index in [-0.39, 0.29) is 16.0 Å². The van der Waals surface area contributed by atoms with Crippen molar-refractivity contribution in [2.45, 2.75) is 122 Å². The molecule has 4 aliphatic carbocycles. The highest BCUT2D eigenvalue weighted by Crippen LogP contribution is 2.67. The molecule has 2 nitrogen and oxygen atoms in total. The summed E-state index contributed by atoms with van der Waals surface area (Å²) >= 11 is 2.27. The molecule has 0 aliphatic heterocycles. The number of allylic oxidation sites excluding steroid dienone is 1. The number of halogens is 1. The van der Waals surface area contributed by atoms with Crippen LogP contribution in [0.3, 0.4) is 0 Å². The summed E-state index contributed by atoms with van der Waals surface area (Å²) in [7, 11) is 0. The molecule has 216 valence electrons. The van der Waals surface area contributed by atoms with Crippen LogP contribution in [0.2, 0.25) is 0 Å². The molecule has 9 atom stereocenters. The van der Waals surface area contributed by atoms with Crippen molar-refractivity contribution in [2.24, 2.45) is 46.3 Å². The summed E-state index contributed by atoms with van der Waals surface area (Å²) in [6.07, 6.45) is 17.8. The van der Waals surface area contributed by atoms with E-state index in [0.29, 0.717) is 10.8 Å². The molecule has 1 aromatic carbocycles. The first-order valence-corrected chi connectivity index (χ1v) is 17.4. The predicted molar refractivity (Wildman–Crippen MR) is 171 cm³/mol. The minimum Gasteiger partial charge on any atom is -0.461 e. The third-order valence-electron chi connectivity index (χ3n) is 12.1. The molecular formula is C36H53IO2.